The summed E-state index contributed by atoms with van der Waals surface area (Å²) in [7, 11) is 4.33. The van der Waals surface area contributed by atoms with Crippen molar-refractivity contribution in [3.05, 3.63) is 65.7 Å². The predicted octanol–water partition coefficient (Wildman–Crippen LogP) is 8.37. The molecule has 2 rings (SSSR count). The van der Waals surface area contributed by atoms with Gasteiger partial charge in [-0.15, -0.1) is 0 Å². The van der Waals surface area contributed by atoms with Crippen molar-refractivity contribution in [3.63, 3.8) is 0 Å². The van der Waals surface area contributed by atoms with E-state index >= 15 is 0 Å². The Bertz CT molecular complexity index is 896. The van der Waals surface area contributed by atoms with E-state index in [0.29, 0.717) is 0 Å². The Morgan fingerprint density at radius 3 is 2.08 bits per heavy atom. The van der Waals surface area contributed by atoms with Gasteiger partial charge in [0.1, 0.15) is 30.9 Å². The largest absolute Gasteiger partial charge is 0.487 e. The summed E-state index contributed by atoms with van der Waals surface area (Å²) in [6.45, 7) is 8.23. The van der Waals surface area contributed by atoms with Crippen molar-refractivity contribution in [2.24, 2.45) is 5.92 Å². The van der Waals surface area contributed by atoms with E-state index in [1.54, 1.807) is 0 Å². The SMILES string of the molecule is CCCCCCCCCCCc1ccccc1OC(CC)COC(=O)C(C)C[N+](C)(C)Cc1ccccc1. The Balaban J connectivity index is 1.75. The number of esters is 1. The number of carbonyl (C=O) groups excluding carboxylic acids is 1. The monoisotopic (exact) mass is 524 g/mol. The molecule has 0 aliphatic carbocycles. The number of aryl methyl sites for hydroxylation is 1. The van der Waals surface area contributed by atoms with Crippen LogP contribution in [0, 0.1) is 5.92 Å². The first-order valence-electron chi connectivity index (χ1n) is 15.1. The number of nitrogens with zero attached hydrogens (tertiary/aromatic N) is 1. The maximum atomic E-state index is 12.8. The fraction of sp³-hybridized carbons (Fsp3) is 0.618. The Labute approximate surface area is 233 Å². The van der Waals surface area contributed by atoms with Crippen LogP contribution in [0.2, 0.25) is 0 Å². The first kappa shape index (κ1) is 31.9. The molecule has 2 unspecified atom stereocenters. The van der Waals surface area contributed by atoms with Gasteiger partial charge in [0.15, 0.2) is 0 Å². The number of ether oxygens (including phenoxy) is 2. The lowest BCUT2D eigenvalue weighted by Crippen LogP contribution is -2.44. The average molecular weight is 525 g/mol. The third-order valence-corrected chi connectivity index (χ3v) is 7.31. The molecule has 2 aromatic carbocycles. The normalized spacial score (nSPS) is 13.2. The van der Waals surface area contributed by atoms with Gasteiger partial charge >= 0.3 is 5.97 Å². The average Bonchev–Trinajstić information content (AvgIpc) is 2.90. The van der Waals surface area contributed by atoms with Crippen LogP contribution in [0.4, 0.5) is 0 Å². The second kappa shape index (κ2) is 18.0. The van der Waals surface area contributed by atoms with Crippen molar-refractivity contribution in [2.75, 3.05) is 27.2 Å². The highest BCUT2D eigenvalue weighted by Crippen LogP contribution is 2.23. The predicted molar refractivity (Wildman–Crippen MR) is 159 cm³/mol. The van der Waals surface area contributed by atoms with Crippen LogP contribution >= 0.6 is 0 Å². The fourth-order valence-electron chi connectivity index (χ4n) is 5.14. The van der Waals surface area contributed by atoms with Crippen molar-refractivity contribution in [1.29, 1.82) is 0 Å². The molecule has 0 saturated carbocycles. The van der Waals surface area contributed by atoms with Crippen molar-refractivity contribution >= 4 is 5.97 Å². The minimum Gasteiger partial charge on any atom is -0.487 e. The van der Waals surface area contributed by atoms with Crippen LogP contribution in [0.5, 0.6) is 5.75 Å². The molecule has 0 radical (unpaired) electrons. The topological polar surface area (TPSA) is 35.5 Å². The second-order valence-corrected chi connectivity index (χ2v) is 11.6. The highest BCUT2D eigenvalue weighted by molar-refractivity contribution is 5.72. The number of rotatable bonds is 20. The molecule has 0 amide bonds. The molecule has 0 aromatic heterocycles. The minimum absolute atomic E-state index is 0.137. The molecular formula is C34H54NO3+. The highest BCUT2D eigenvalue weighted by atomic mass is 16.6. The lowest BCUT2D eigenvalue weighted by molar-refractivity contribution is -0.905. The van der Waals surface area contributed by atoms with E-state index in [-0.39, 0.29) is 24.6 Å². The number of hydrogen-bond donors (Lipinski definition) is 0. The minimum atomic E-state index is -0.176. The van der Waals surface area contributed by atoms with Gasteiger partial charge in [0.05, 0.1) is 20.6 Å². The molecule has 212 valence electrons. The Kier molecular flexibility index (Phi) is 15.1. The third-order valence-electron chi connectivity index (χ3n) is 7.31. The maximum Gasteiger partial charge on any atom is 0.314 e. The Morgan fingerprint density at radius 1 is 0.816 bits per heavy atom. The summed E-state index contributed by atoms with van der Waals surface area (Å²) in [4.78, 5) is 12.8. The van der Waals surface area contributed by atoms with E-state index in [0.717, 1.165) is 36.2 Å². The van der Waals surface area contributed by atoms with Crippen LogP contribution < -0.4 is 4.74 Å². The Morgan fingerprint density at radius 2 is 1.42 bits per heavy atom. The zero-order chi connectivity index (χ0) is 27.6. The van der Waals surface area contributed by atoms with Crippen LogP contribution in [0.1, 0.15) is 96.1 Å². The molecule has 2 atom stereocenters. The molecule has 0 saturated heterocycles. The molecule has 2 aromatic rings. The molecule has 4 heteroatoms. The van der Waals surface area contributed by atoms with E-state index in [1.807, 2.05) is 19.1 Å². The standard InChI is InChI=1S/C34H54NO3/c1-6-8-9-10-11-12-13-14-18-23-31-24-19-20-25-33(31)38-32(7-2)28-37-34(36)29(3)26-35(4,5)27-30-21-16-15-17-22-30/h15-17,19-22,24-25,29,32H,6-14,18,23,26-28H2,1-5H3/q+1. The van der Waals surface area contributed by atoms with Crippen molar-refractivity contribution in [2.45, 2.75) is 104 Å². The first-order chi connectivity index (χ1) is 18.3. The summed E-state index contributed by atoms with van der Waals surface area (Å²) in [5.41, 5.74) is 2.53. The molecule has 0 spiro atoms. The van der Waals surface area contributed by atoms with Crippen molar-refractivity contribution < 1.29 is 18.8 Å². The van der Waals surface area contributed by atoms with Crippen LogP contribution in [-0.2, 0) is 22.5 Å². The quantitative estimate of drug-likeness (QED) is 0.0991. The van der Waals surface area contributed by atoms with Crippen molar-refractivity contribution in [3.8, 4) is 5.75 Å². The molecule has 38 heavy (non-hydrogen) atoms. The number of benzene rings is 2. The fourth-order valence-corrected chi connectivity index (χ4v) is 5.14. The van der Waals surface area contributed by atoms with Crippen LogP contribution in [0.3, 0.4) is 0 Å². The zero-order valence-electron chi connectivity index (χ0n) is 24.9. The third kappa shape index (κ3) is 13.0. The summed E-state index contributed by atoms with van der Waals surface area (Å²) in [6.07, 6.45) is 13.7. The lowest BCUT2D eigenvalue weighted by Gasteiger charge is -2.32. The smallest absolute Gasteiger partial charge is 0.314 e. The summed E-state index contributed by atoms with van der Waals surface area (Å²) < 4.78 is 12.8. The highest BCUT2D eigenvalue weighted by Gasteiger charge is 2.26. The maximum absolute atomic E-state index is 12.8. The first-order valence-corrected chi connectivity index (χ1v) is 15.1. The van der Waals surface area contributed by atoms with Gasteiger partial charge < -0.3 is 14.0 Å². The molecular weight excluding hydrogens is 470 g/mol. The van der Waals surface area contributed by atoms with E-state index < -0.39 is 0 Å². The molecule has 4 nitrogen and oxygen atoms in total. The molecule has 0 N–H and O–H groups in total. The number of carbonyl (C=O) groups is 1. The van der Waals surface area contributed by atoms with Gasteiger partial charge in [-0.25, -0.2) is 0 Å². The molecule has 0 heterocycles. The number of unbranched alkanes of at least 4 members (excludes halogenated alkanes) is 8. The zero-order valence-corrected chi connectivity index (χ0v) is 24.9. The van der Waals surface area contributed by atoms with Crippen LogP contribution in [0.25, 0.3) is 0 Å². The van der Waals surface area contributed by atoms with Crippen LogP contribution in [0.15, 0.2) is 54.6 Å². The van der Waals surface area contributed by atoms with Gasteiger partial charge in [-0.1, -0.05) is 114 Å². The summed E-state index contributed by atoms with van der Waals surface area (Å²) >= 11 is 0. The lowest BCUT2D eigenvalue weighted by atomic mass is 10.0. The number of hydrogen-bond acceptors (Lipinski definition) is 3. The summed E-state index contributed by atoms with van der Waals surface area (Å²) in [5.74, 6) is 0.614. The van der Waals surface area contributed by atoms with Gasteiger partial charge in [-0.2, -0.15) is 0 Å². The second-order valence-electron chi connectivity index (χ2n) is 11.6. The summed E-state index contributed by atoms with van der Waals surface area (Å²) in [5, 5.41) is 0. The number of para-hydroxylation sites is 1. The van der Waals surface area contributed by atoms with Crippen molar-refractivity contribution in [1.82, 2.24) is 0 Å². The van der Waals surface area contributed by atoms with E-state index in [1.165, 1.54) is 68.9 Å². The van der Waals surface area contributed by atoms with Gasteiger partial charge in [-0.05, 0) is 37.8 Å². The van der Waals surface area contributed by atoms with Gasteiger partial charge in [0.2, 0.25) is 0 Å². The Hall–Kier alpha value is -2.33. The van der Waals surface area contributed by atoms with Gasteiger partial charge in [0, 0.05) is 5.56 Å². The van der Waals surface area contributed by atoms with E-state index in [2.05, 4.69) is 70.4 Å². The molecule has 0 bridgehead atoms. The van der Waals surface area contributed by atoms with Gasteiger partial charge in [-0.3, -0.25) is 4.79 Å². The molecule has 0 fully saturated rings. The van der Waals surface area contributed by atoms with Gasteiger partial charge in [0.25, 0.3) is 0 Å². The van der Waals surface area contributed by atoms with E-state index in [4.69, 9.17) is 9.47 Å². The summed E-state index contributed by atoms with van der Waals surface area (Å²) in [6, 6.07) is 18.8. The molecule has 0 aliphatic heterocycles. The molecule has 0 aliphatic rings. The van der Waals surface area contributed by atoms with E-state index in [9.17, 15) is 4.79 Å². The van der Waals surface area contributed by atoms with Crippen LogP contribution in [-0.4, -0.2) is 43.8 Å². The number of quaternary nitrogens is 1.